The van der Waals surface area contributed by atoms with E-state index in [2.05, 4.69) is 0 Å². The minimum atomic E-state index is -1.90. The first-order valence-electron chi connectivity index (χ1n) is 3.85. The largest absolute Gasteiger partial charge is 0.433 e. The number of hydrogen-bond donors (Lipinski definition) is 1. The standard InChI is InChI=1S/C8H5Cl4NO2/c9-4-1-2-5-6(3-4)15-8(13,14-5)7(10,11)12/h1-3H,13H2/t8-/m0/s1. The van der Waals surface area contributed by atoms with Crippen molar-refractivity contribution in [3.05, 3.63) is 23.2 Å². The zero-order valence-electron chi connectivity index (χ0n) is 7.14. The molecule has 1 aliphatic rings. The van der Waals surface area contributed by atoms with E-state index in [4.69, 9.17) is 61.6 Å². The molecular weight excluding hydrogens is 284 g/mol. The lowest BCUT2D eigenvalue weighted by atomic mass is 10.3. The van der Waals surface area contributed by atoms with Crippen LogP contribution in [0.5, 0.6) is 11.5 Å². The molecule has 7 heteroatoms. The first-order valence-corrected chi connectivity index (χ1v) is 5.36. The van der Waals surface area contributed by atoms with Crippen LogP contribution in [0.3, 0.4) is 0 Å². The second-order valence-corrected chi connectivity index (χ2v) is 5.68. The Morgan fingerprint density at radius 3 is 2.33 bits per heavy atom. The quantitative estimate of drug-likeness (QED) is 0.746. The molecule has 0 aliphatic carbocycles. The minimum absolute atomic E-state index is 0.344. The molecule has 0 saturated heterocycles. The molecular formula is C8H5Cl4NO2. The molecule has 1 atom stereocenters. The van der Waals surface area contributed by atoms with Crippen molar-refractivity contribution in [2.24, 2.45) is 5.73 Å². The summed E-state index contributed by atoms with van der Waals surface area (Å²) >= 11 is 22.7. The Kier molecular flexibility index (Phi) is 2.64. The maximum atomic E-state index is 5.76. The fourth-order valence-electron chi connectivity index (χ4n) is 1.11. The lowest BCUT2D eigenvalue weighted by Crippen LogP contribution is -2.58. The molecule has 0 bridgehead atoms. The highest BCUT2D eigenvalue weighted by molar-refractivity contribution is 6.68. The van der Waals surface area contributed by atoms with Crippen LogP contribution in [0.2, 0.25) is 5.02 Å². The summed E-state index contributed by atoms with van der Waals surface area (Å²) < 4.78 is 8.53. The van der Waals surface area contributed by atoms with E-state index in [-0.39, 0.29) is 0 Å². The van der Waals surface area contributed by atoms with Crippen LogP contribution in [-0.2, 0) is 0 Å². The highest BCUT2D eigenvalue weighted by atomic mass is 35.6. The molecule has 3 nitrogen and oxygen atoms in total. The van der Waals surface area contributed by atoms with Gasteiger partial charge in [0.2, 0.25) is 0 Å². The maximum Gasteiger partial charge on any atom is 0.360 e. The van der Waals surface area contributed by atoms with Crippen LogP contribution < -0.4 is 15.2 Å². The molecule has 82 valence electrons. The second-order valence-electron chi connectivity index (χ2n) is 2.96. The number of rotatable bonds is 0. The van der Waals surface area contributed by atoms with Crippen LogP contribution in [0, 0.1) is 0 Å². The predicted octanol–water partition coefficient (Wildman–Crippen LogP) is 3.09. The molecule has 1 heterocycles. The molecule has 0 unspecified atom stereocenters. The van der Waals surface area contributed by atoms with E-state index in [1.165, 1.54) is 6.07 Å². The van der Waals surface area contributed by atoms with Crippen LogP contribution in [0.1, 0.15) is 0 Å². The van der Waals surface area contributed by atoms with Crippen LogP contribution in [0.15, 0.2) is 18.2 Å². The van der Waals surface area contributed by atoms with E-state index in [1.54, 1.807) is 12.1 Å². The summed E-state index contributed by atoms with van der Waals surface area (Å²) in [5, 5.41) is 0.478. The summed E-state index contributed by atoms with van der Waals surface area (Å²) in [6.45, 7) is 0. The molecule has 1 aromatic rings. The van der Waals surface area contributed by atoms with Crippen molar-refractivity contribution in [1.82, 2.24) is 0 Å². The van der Waals surface area contributed by atoms with Gasteiger partial charge in [-0.2, -0.15) is 0 Å². The zero-order valence-corrected chi connectivity index (χ0v) is 10.2. The smallest absolute Gasteiger partial charge is 0.360 e. The van der Waals surface area contributed by atoms with E-state index in [0.717, 1.165) is 0 Å². The maximum absolute atomic E-state index is 5.76. The summed E-state index contributed by atoms with van der Waals surface area (Å²) in [4.78, 5) is 0. The van der Waals surface area contributed by atoms with Crippen LogP contribution in [0.25, 0.3) is 0 Å². The number of hydrogen-bond acceptors (Lipinski definition) is 3. The summed E-state index contributed by atoms with van der Waals surface area (Å²) in [5.41, 5.74) is 5.65. The van der Waals surface area contributed by atoms with Crippen LogP contribution in [-0.4, -0.2) is 9.70 Å². The molecule has 0 spiro atoms. The monoisotopic (exact) mass is 287 g/mol. The Bertz CT molecular complexity index is 406. The number of benzene rings is 1. The minimum Gasteiger partial charge on any atom is -0.433 e. The highest BCUT2D eigenvalue weighted by Crippen LogP contribution is 2.47. The Balaban J connectivity index is 2.37. The lowest BCUT2D eigenvalue weighted by molar-refractivity contribution is -0.0693. The Morgan fingerprint density at radius 2 is 1.73 bits per heavy atom. The fourth-order valence-corrected chi connectivity index (χ4v) is 1.50. The normalized spacial score (nSPS) is 24.3. The highest BCUT2D eigenvalue weighted by Gasteiger charge is 2.55. The van der Waals surface area contributed by atoms with Gasteiger partial charge in [-0.1, -0.05) is 46.4 Å². The van der Waals surface area contributed by atoms with E-state index in [1.807, 2.05) is 0 Å². The number of fused-ring (bicyclic) bond motifs is 1. The summed E-state index contributed by atoms with van der Waals surface area (Å²) in [6.07, 6.45) is 0. The summed E-state index contributed by atoms with van der Waals surface area (Å²) in [6, 6.07) is 4.73. The summed E-state index contributed by atoms with van der Waals surface area (Å²) in [5.74, 6) is -1.10. The van der Waals surface area contributed by atoms with Crippen molar-refractivity contribution in [2.45, 2.75) is 9.70 Å². The first-order chi connectivity index (χ1) is 6.82. The van der Waals surface area contributed by atoms with Gasteiger partial charge in [0.05, 0.1) is 0 Å². The van der Waals surface area contributed by atoms with Gasteiger partial charge in [0.25, 0.3) is 3.79 Å². The van der Waals surface area contributed by atoms with Crippen molar-refractivity contribution in [3.63, 3.8) is 0 Å². The number of ether oxygens (including phenoxy) is 2. The van der Waals surface area contributed by atoms with Crippen LogP contribution >= 0.6 is 46.4 Å². The van der Waals surface area contributed by atoms with Gasteiger partial charge in [-0.15, -0.1) is 0 Å². The molecule has 0 fully saturated rings. The van der Waals surface area contributed by atoms with Gasteiger partial charge in [0, 0.05) is 11.1 Å². The molecule has 0 radical (unpaired) electrons. The van der Waals surface area contributed by atoms with Crippen molar-refractivity contribution in [1.29, 1.82) is 0 Å². The van der Waals surface area contributed by atoms with Crippen molar-refractivity contribution in [2.75, 3.05) is 0 Å². The molecule has 2 rings (SSSR count). The molecule has 1 aromatic carbocycles. The van der Waals surface area contributed by atoms with Gasteiger partial charge < -0.3 is 9.47 Å². The topological polar surface area (TPSA) is 44.5 Å². The third-order valence-electron chi connectivity index (χ3n) is 1.82. The van der Waals surface area contributed by atoms with Gasteiger partial charge >= 0.3 is 5.91 Å². The Labute approximate surface area is 106 Å². The molecule has 2 N–H and O–H groups in total. The van der Waals surface area contributed by atoms with Gasteiger partial charge in [-0.25, -0.2) is 0 Å². The molecule has 0 amide bonds. The fraction of sp³-hybridized carbons (Fsp3) is 0.250. The third kappa shape index (κ3) is 1.95. The number of nitrogens with two attached hydrogens (primary N) is 1. The van der Waals surface area contributed by atoms with Gasteiger partial charge in [0.1, 0.15) is 0 Å². The SMILES string of the molecule is N[C@@]1(C(Cl)(Cl)Cl)Oc2ccc(Cl)cc2O1. The predicted molar refractivity (Wildman–Crippen MR) is 59.9 cm³/mol. The van der Waals surface area contributed by atoms with Crippen molar-refractivity contribution >= 4 is 46.4 Å². The van der Waals surface area contributed by atoms with E-state index >= 15 is 0 Å². The van der Waals surface area contributed by atoms with Crippen molar-refractivity contribution < 1.29 is 9.47 Å². The van der Waals surface area contributed by atoms with Gasteiger partial charge in [-0.05, 0) is 12.1 Å². The Morgan fingerprint density at radius 1 is 1.13 bits per heavy atom. The van der Waals surface area contributed by atoms with Gasteiger partial charge in [0.15, 0.2) is 11.5 Å². The number of halogens is 4. The van der Waals surface area contributed by atoms with E-state index in [9.17, 15) is 0 Å². The van der Waals surface area contributed by atoms with E-state index in [0.29, 0.717) is 16.5 Å². The lowest BCUT2D eigenvalue weighted by Gasteiger charge is -2.28. The molecule has 0 saturated carbocycles. The molecule has 15 heavy (non-hydrogen) atoms. The van der Waals surface area contributed by atoms with Gasteiger partial charge in [-0.3, -0.25) is 5.73 Å². The molecule has 1 aliphatic heterocycles. The first kappa shape index (κ1) is 11.4. The average molecular weight is 289 g/mol. The average Bonchev–Trinajstić information content (AvgIpc) is 2.40. The van der Waals surface area contributed by atoms with E-state index < -0.39 is 9.70 Å². The zero-order chi connectivity index (χ0) is 11.3. The third-order valence-corrected chi connectivity index (χ3v) is 2.85. The molecule has 0 aromatic heterocycles. The van der Waals surface area contributed by atoms with Crippen molar-refractivity contribution in [3.8, 4) is 11.5 Å². The Hall–Kier alpha value is -0.0600. The second kappa shape index (κ2) is 3.47. The number of alkyl halides is 3. The summed E-state index contributed by atoms with van der Waals surface area (Å²) in [7, 11) is 0. The van der Waals surface area contributed by atoms with Crippen LogP contribution in [0.4, 0.5) is 0 Å².